The van der Waals surface area contributed by atoms with Gasteiger partial charge in [-0.15, -0.1) is 0 Å². The number of phenols is 1. The predicted octanol–water partition coefficient (Wildman–Crippen LogP) is 2.13. The Balaban J connectivity index is 1.97. The summed E-state index contributed by atoms with van der Waals surface area (Å²) in [5.74, 6) is -0.0120. The first kappa shape index (κ1) is 14.1. The van der Waals surface area contributed by atoms with Crippen LogP contribution in [0, 0.1) is 6.92 Å². The van der Waals surface area contributed by atoms with Crippen molar-refractivity contribution in [3.63, 3.8) is 0 Å². The van der Waals surface area contributed by atoms with Crippen molar-refractivity contribution in [1.82, 2.24) is 5.32 Å². The lowest BCUT2D eigenvalue weighted by molar-refractivity contribution is 0.0951. The van der Waals surface area contributed by atoms with Gasteiger partial charge in [-0.2, -0.15) is 0 Å². The van der Waals surface area contributed by atoms with E-state index in [2.05, 4.69) is 5.32 Å². The molecule has 4 heteroatoms. The molecule has 2 aromatic rings. The molecule has 0 aliphatic carbocycles. The molecule has 0 bridgehead atoms. The van der Waals surface area contributed by atoms with E-state index in [1.807, 2.05) is 30.3 Å². The number of nitrogens with one attached hydrogen (secondary N) is 1. The smallest absolute Gasteiger partial charge is 0.251 e. The minimum Gasteiger partial charge on any atom is -0.508 e. The molecule has 1 atom stereocenters. The lowest BCUT2D eigenvalue weighted by Crippen LogP contribution is -2.31. The van der Waals surface area contributed by atoms with Gasteiger partial charge in [0.2, 0.25) is 0 Å². The standard InChI is InChI=1S/C16H18N2O2/c1-11-9-13(7-8-15(11)19)16(20)18-10-14(17)12-5-3-2-4-6-12/h2-9,14,19H,10,17H2,1H3,(H,18,20). The van der Waals surface area contributed by atoms with Gasteiger partial charge in [0.1, 0.15) is 5.75 Å². The maximum absolute atomic E-state index is 12.0. The Bertz CT molecular complexity index is 597. The van der Waals surface area contributed by atoms with Gasteiger partial charge in [-0.05, 0) is 36.2 Å². The molecule has 0 spiro atoms. The Morgan fingerprint density at radius 3 is 2.60 bits per heavy atom. The molecule has 0 saturated carbocycles. The monoisotopic (exact) mass is 270 g/mol. The number of carbonyl (C=O) groups excluding carboxylic acids is 1. The van der Waals surface area contributed by atoms with Crippen LogP contribution in [0.5, 0.6) is 5.75 Å². The summed E-state index contributed by atoms with van der Waals surface area (Å²) in [6, 6.07) is 14.1. The van der Waals surface area contributed by atoms with Crippen LogP contribution in [0.15, 0.2) is 48.5 Å². The summed E-state index contributed by atoms with van der Waals surface area (Å²) in [4.78, 5) is 12.0. The summed E-state index contributed by atoms with van der Waals surface area (Å²) in [6.07, 6.45) is 0. The number of aryl methyl sites for hydroxylation is 1. The molecule has 4 nitrogen and oxygen atoms in total. The van der Waals surface area contributed by atoms with Gasteiger partial charge in [-0.1, -0.05) is 30.3 Å². The second-order valence-corrected chi connectivity index (χ2v) is 4.73. The third-order valence-electron chi connectivity index (χ3n) is 3.17. The Morgan fingerprint density at radius 1 is 1.25 bits per heavy atom. The number of benzene rings is 2. The summed E-state index contributed by atoms with van der Waals surface area (Å²) in [7, 11) is 0. The van der Waals surface area contributed by atoms with E-state index in [0.29, 0.717) is 17.7 Å². The predicted molar refractivity (Wildman–Crippen MR) is 78.5 cm³/mol. The number of rotatable bonds is 4. The van der Waals surface area contributed by atoms with Crippen LogP contribution in [0.4, 0.5) is 0 Å². The molecule has 20 heavy (non-hydrogen) atoms. The lowest BCUT2D eigenvalue weighted by atomic mass is 10.1. The van der Waals surface area contributed by atoms with Crippen molar-refractivity contribution in [1.29, 1.82) is 0 Å². The molecule has 0 heterocycles. The largest absolute Gasteiger partial charge is 0.508 e. The van der Waals surface area contributed by atoms with E-state index < -0.39 is 0 Å². The summed E-state index contributed by atoms with van der Waals surface area (Å²) in [5.41, 5.74) is 8.19. The van der Waals surface area contributed by atoms with E-state index in [9.17, 15) is 9.90 Å². The van der Waals surface area contributed by atoms with Crippen LogP contribution in [-0.2, 0) is 0 Å². The fraction of sp³-hybridized carbons (Fsp3) is 0.188. The van der Waals surface area contributed by atoms with Crippen molar-refractivity contribution < 1.29 is 9.90 Å². The van der Waals surface area contributed by atoms with E-state index >= 15 is 0 Å². The second-order valence-electron chi connectivity index (χ2n) is 4.73. The van der Waals surface area contributed by atoms with Gasteiger partial charge in [0.25, 0.3) is 5.91 Å². The molecular formula is C16H18N2O2. The molecule has 1 unspecified atom stereocenters. The van der Waals surface area contributed by atoms with Crippen molar-refractivity contribution in [2.45, 2.75) is 13.0 Å². The summed E-state index contributed by atoms with van der Waals surface area (Å²) in [6.45, 7) is 2.12. The minimum absolute atomic E-state index is 0.183. The molecule has 4 N–H and O–H groups in total. The van der Waals surface area contributed by atoms with E-state index in [4.69, 9.17) is 5.73 Å². The van der Waals surface area contributed by atoms with E-state index in [1.165, 1.54) is 6.07 Å². The molecule has 0 aliphatic rings. The zero-order chi connectivity index (χ0) is 14.5. The molecule has 1 amide bonds. The van der Waals surface area contributed by atoms with Crippen LogP contribution in [0.3, 0.4) is 0 Å². The number of hydrogen-bond acceptors (Lipinski definition) is 3. The number of aromatic hydroxyl groups is 1. The average Bonchev–Trinajstić information content (AvgIpc) is 2.48. The van der Waals surface area contributed by atoms with E-state index in [-0.39, 0.29) is 17.7 Å². The number of nitrogens with two attached hydrogens (primary N) is 1. The fourth-order valence-corrected chi connectivity index (χ4v) is 1.92. The van der Waals surface area contributed by atoms with E-state index in [0.717, 1.165) is 5.56 Å². The SMILES string of the molecule is Cc1cc(C(=O)NCC(N)c2ccccc2)ccc1O. The molecule has 2 rings (SSSR count). The van der Waals surface area contributed by atoms with Gasteiger partial charge in [-0.3, -0.25) is 4.79 Å². The second kappa shape index (κ2) is 6.21. The Hall–Kier alpha value is -2.33. The van der Waals surface area contributed by atoms with Crippen molar-refractivity contribution >= 4 is 5.91 Å². The van der Waals surface area contributed by atoms with Crippen LogP contribution in [0.25, 0.3) is 0 Å². The van der Waals surface area contributed by atoms with Crippen LogP contribution in [0.2, 0.25) is 0 Å². The molecule has 0 saturated heterocycles. The van der Waals surface area contributed by atoms with Crippen LogP contribution in [0.1, 0.15) is 27.5 Å². The zero-order valence-corrected chi connectivity index (χ0v) is 11.3. The highest BCUT2D eigenvalue weighted by Gasteiger charge is 2.10. The number of hydrogen-bond donors (Lipinski definition) is 3. The number of phenolic OH excluding ortho intramolecular Hbond substituents is 1. The first-order chi connectivity index (χ1) is 9.58. The maximum atomic E-state index is 12.0. The maximum Gasteiger partial charge on any atom is 0.251 e. The van der Waals surface area contributed by atoms with Crippen molar-refractivity contribution in [2.75, 3.05) is 6.54 Å². The molecule has 2 aromatic carbocycles. The normalized spacial score (nSPS) is 11.9. The first-order valence-electron chi connectivity index (χ1n) is 6.46. The van der Waals surface area contributed by atoms with Crippen LogP contribution in [-0.4, -0.2) is 17.6 Å². The van der Waals surface area contributed by atoms with Gasteiger partial charge in [0.05, 0.1) is 0 Å². The van der Waals surface area contributed by atoms with Gasteiger partial charge < -0.3 is 16.2 Å². The molecule has 0 radical (unpaired) electrons. The number of amides is 1. The highest BCUT2D eigenvalue weighted by molar-refractivity contribution is 5.94. The molecule has 104 valence electrons. The highest BCUT2D eigenvalue weighted by atomic mass is 16.3. The topological polar surface area (TPSA) is 75.4 Å². The summed E-state index contributed by atoms with van der Waals surface area (Å²) < 4.78 is 0. The van der Waals surface area contributed by atoms with Gasteiger partial charge in [0.15, 0.2) is 0 Å². The molecule has 0 aliphatic heterocycles. The Morgan fingerprint density at radius 2 is 1.95 bits per heavy atom. The van der Waals surface area contributed by atoms with Gasteiger partial charge in [0, 0.05) is 18.2 Å². The van der Waals surface area contributed by atoms with Crippen LogP contribution < -0.4 is 11.1 Å². The molecule has 0 fully saturated rings. The Kier molecular flexibility index (Phi) is 4.38. The summed E-state index contributed by atoms with van der Waals surface area (Å²) in [5, 5.41) is 12.2. The lowest BCUT2D eigenvalue weighted by Gasteiger charge is -2.13. The molecule has 0 aromatic heterocycles. The van der Waals surface area contributed by atoms with Crippen molar-refractivity contribution in [3.05, 3.63) is 65.2 Å². The average molecular weight is 270 g/mol. The molecular weight excluding hydrogens is 252 g/mol. The highest BCUT2D eigenvalue weighted by Crippen LogP contribution is 2.17. The van der Waals surface area contributed by atoms with E-state index in [1.54, 1.807) is 19.1 Å². The first-order valence-corrected chi connectivity index (χ1v) is 6.46. The van der Waals surface area contributed by atoms with Crippen molar-refractivity contribution in [3.8, 4) is 5.75 Å². The zero-order valence-electron chi connectivity index (χ0n) is 11.3. The summed E-state index contributed by atoms with van der Waals surface area (Å²) >= 11 is 0. The van der Waals surface area contributed by atoms with Crippen LogP contribution >= 0.6 is 0 Å². The van der Waals surface area contributed by atoms with Gasteiger partial charge in [-0.25, -0.2) is 0 Å². The number of carbonyl (C=O) groups is 1. The van der Waals surface area contributed by atoms with Gasteiger partial charge >= 0.3 is 0 Å². The Labute approximate surface area is 118 Å². The fourth-order valence-electron chi connectivity index (χ4n) is 1.92. The third-order valence-corrected chi connectivity index (χ3v) is 3.17. The quantitative estimate of drug-likeness (QED) is 0.796. The third kappa shape index (κ3) is 3.36. The van der Waals surface area contributed by atoms with Crippen molar-refractivity contribution in [2.24, 2.45) is 5.73 Å². The minimum atomic E-state index is -0.238.